The molecule has 2 rings (SSSR count). The lowest BCUT2D eigenvalue weighted by atomic mass is 10.1. The van der Waals surface area contributed by atoms with Crippen molar-refractivity contribution in [3.63, 3.8) is 0 Å². The van der Waals surface area contributed by atoms with Gasteiger partial charge in [0.1, 0.15) is 6.61 Å². The lowest BCUT2D eigenvalue weighted by molar-refractivity contribution is 0.348. The molecule has 0 spiro atoms. The molecule has 1 aromatic carbocycles. The van der Waals surface area contributed by atoms with Crippen molar-refractivity contribution in [3.05, 3.63) is 42.0 Å². The number of aliphatic imine (C=N–C) groups is 1. The summed E-state index contributed by atoms with van der Waals surface area (Å²) in [5.41, 5.74) is 2.11. The standard InChI is InChI=1S/C11H11NO/c1-2-9-5-3-4-6-10(9)11-12-7-8-13-11/h2-6H,1,7-8H2. The third-order valence-corrected chi connectivity index (χ3v) is 2.00. The lowest BCUT2D eigenvalue weighted by Gasteiger charge is -2.04. The van der Waals surface area contributed by atoms with Crippen molar-refractivity contribution in [1.29, 1.82) is 0 Å². The Bertz CT molecular complexity index is 355. The smallest absolute Gasteiger partial charge is 0.216 e. The van der Waals surface area contributed by atoms with Gasteiger partial charge in [-0.2, -0.15) is 0 Å². The molecular formula is C11H11NO. The van der Waals surface area contributed by atoms with Crippen LogP contribution in [0.5, 0.6) is 0 Å². The van der Waals surface area contributed by atoms with Gasteiger partial charge in [0.25, 0.3) is 0 Å². The van der Waals surface area contributed by atoms with Gasteiger partial charge < -0.3 is 4.74 Å². The number of rotatable bonds is 2. The van der Waals surface area contributed by atoms with Gasteiger partial charge >= 0.3 is 0 Å². The SMILES string of the molecule is C=Cc1ccccc1C1=NCCO1. The largest absolute Gasteiger partial charge is 0.475 e. The molecule has 0 N–H and O–H groups in total. The molecule has 0 radical (unpaired) electrons. The summed E-state index contributed by atoms with van der Waals surface area (Å²) < 4.78 is 5.38. The van der Waals surface area contributed by atoms with Gasteiger partial charge in [-0.25, -0.2) is 4.99 Å². The first-order valence-corrected chi connectivity index (χ1v) is 4.31. The van der Waals surface area contributed by atoms with Crippen molar-refractivity contribution in [1.82, 2.24) is 0 Å². The van der Waals surface area contributed by atoms with Crippen molar-refractivity contribution in [2.75, 3.05) is 13.2 Å². The first-order valence-electron chi connectivity index (χ1n) is 4.31. The quantitative estimate of drug-likeness (QED) is 0.671. The lowest BCUT2D eigenvalue weighted by Crippen LogP contribution is -2.02. The number of hydrogen-bond acceptors (Lipinski definition) is 2. The molecule has 0 fully saturated rings. The molecule has 0 bridgehead atoms. The van der Waals surface area contributed by atoms with E-state index in [1.165, 1.54) is 0 Å². The van der Waals surface area contributed by atoms with E-state index in [2.05, 4.69) is 11.6 Å². The molecule has 1 aliphatic heterocycles. The fraction of sp³-hybridized carbons (Fsp3) is 0.182. The minimum atomic E-state index is 0.695. The summed E-state index contributed by atoms with van der Waals surface area (Å²) in [5.74, 6) is 0.746. The maximum absolute atomic E-state index is 5.38. The normalized spacial score (nSPS) is 14.9. The van der Waals surface area contributed by atoms with Crippen LogP contribution >= 0.6 is 0 Å². The first-order chi connectivity index (χ1) is 6.42. The van der Waals surface area contributed by atoms with E-state index in [-0.39, 0.29) is 0 Å². The average molecular weight is 173 g/mol. The molecule has 0 aliphatic carbocycles. The van der Waals surface area contributed by atoms with E-state index >= 15 is 0 Å². The Morgan fingerprint density at radius 2 is 2.23 bits per heavy atom. The number of nitrogens with zero attached hydrogens (tertiary/aromatic N) is 1. The zero-order valence-corrected chi connectivity index (χ0v) is 7.36. The molecule has 0 saturated carbocycles. The summed E-state index contributed by atoms with van der Waals surface area (Å²) >= 11 is 0. The molecule has 0 aromatic heterocycles. The molecule has 0 atom stereocenters. The van der Waals surface area contributed by atoms with Crippen LogP contribution in [0.2, 0.25) is 0 Å². The topological polar surface area (TPSA) is 21.6 Å². The van der Waals surface area contributed by atoms with Crippen molar-refractivity contribution in [2.24, 2.45) is 4.99 Å². The highest BCUT2D eigenvalue weighted by Gasteiger charge is 2.11. The molecule has 1 aromatic rings. The van der Waals surface area contributed by atoms with E-state index < -0.39 is 0 Å². The molecule has 0 saturated heterocycles. The molecule has 2 nitrogen and oxygen atoms in total. The van der Waals surface area contributed by atoms with Crippen LogP contribution in [0, 0.1) is 0 Å². The highest BCUT2D eigenvalue weighted by Crippen LogP contribution is 2.14. The maximum Gasteiger partial charge on any atom is 0.216 e. The van der Waals surface area contributed by atoms with E-state index in [9.17, 15) is 0 Å². The first kappa shape index (κ1) is 8.05. The van der Waals surface area contributed by atoms with Crippen LogP contribution in [-0.2, 0) is 4.74 Å². The highest BCUT2D eigenvalue weighted by atomic mass is 16.5. The zero-order valence-electron chi connectivity index (χ0n) is 7.36. The fourth-order valence-corrected chi connectivity index (χ4v) is 1.37. The van der Waals surface area contributed by atoms with E-state index in [1.54, 1.807) is 0 Å². The second-order valence-corrected chi connectivity index (χ2v) is 2.83. The summed E-state index contributed by atoms with van der Waals surface area (Å²) in [6, 6.07) is 7.97. The molecule has 13 heavy (non-hydrogen) atoms. The number of hydrogen-bond donors (Lipinski definition) is 0. The summed E-state index contributed by atoms with van der Waals surface area (Å²) in [6.07, 6.45) is 1.82. The second kappa shape index (κ2) is 3.44. The van der Waals surface area contributed by atoms with Crippen LogP contribution in [0.3, 0.4) is 0 Å². The molecule has 2 heteroatoms. The van der Waals surface area contributed by atoms with E-state index in [0.717, 1.165) is 23.6 Å². The van der Waals surface area contributed by atoms with Gasteiger partial charge in [-0.15, -0.1) is 0 Å². The molecule has 1 aliphatic rings. The zero-order chi connectivity index (χ0) is 9.10. The minimum absolute atomic E-state index is 0.695. The van der Waals surface area contributed by atoms with Gasteiger partial charge in [0.15, 0.2) is 0 Å². The Balaban J connectivity index is 2.43. The van der Waals surface area contributed by atoms with Crippen LogP contribution in [0.25, 0.3) is 6.08 Å². The average Bonchev–Trinajstić information content (AvgIpc) is 2.70. The van der Waals surface area contributed by atoms with Crippen molar-refractivity contribution in [3.8, 4) is 0 Å². The van der Waals surface area contributed by atoms with Gasteiger partial charge in [0.2, 0.25) is 5.90 Å². The van der Waals surface area contributed by atoms with Crippen LogP contribution in [0.1, 0.15) is 11.1 Å². The van der Waals surface area contributed by atoms with Crippen molar-refractivity contribution < 1.29 is 4.74 Å². The summed E-state index contributed by atoms with van der Waals surface area (Å²) in [7, 11) is 0. The summed E-state index contributed by atoms with van der Waals surface area (Å²) in [5, 5.41) is 0. The van der Waals surface area contributed by atoms with Gasteiger partial charge in [0.05, 0.1) is 6.54 Å². The fourth-order valence-electron chi connectivity index (χ4n) is 1.37. The Labute approximate surface area is 77.6 Å². The van der Waals surface area contributed by atoms with Crippen molar-refractivity contribution in [2.45, 2.75) is 0 Å². The number of ether oxygens (including phenoxy) is 1. The van der Waals surface area contributed by atoms with E-state index in [1.807, 2.05) is 30.3 Å². The van der Waals surface area contributed by atoms with Gasteiger partial charge in [-0.05, 0) is 11.6 Å². The van der Waals surface area contributed by atoms with Crippen LogP contribution in [0.4, 0.5) is 0 Å². The van der Waals surface area contributed by atoms with Gasteiger partial charge in [-0.3, -0.25) is 0 Å². The Morgan fingerprint density at radius 3 is 2.92 bits per heavy atom. The molecule has 1 heterocycles. The number of benzene rings is 1. The van der Waals surface area contributed by atoms with Crippen LogP contribution in [-0.4, -0.2) is 19.0 Å². The monoisotopic (exact) mass is 173 g/mol. The molecule has 0 unspecified atom stereocenters. The third kappa shape index (κ3) is 1.47. The minimum Gasteiger partial charge on any atom is -0.475 e. The van der Waals surface area contributed by atoms with Gasteiger partial charge in [-0.1, -0.05) is 30.9 Å². The highest BCUT2D eigenvalue weighted by molar-refractivity contribution is 5.98. The Morgan fingerprint density at radius 1 is 1.38 bits per heavy atom. The third-order valence-electron chi connectivity index (χ3n) is 2.00. The second-order valence-electron chi connectivity index (χ2n) is 2.83. The summed E-state index contributed by atoms with van der Waals surface area (Å²) in [6.45, 7) is 5.21. The maximum atomic E-state index is 5.38. The van der Waals surface area contributed by atoms with E-state index in [4.69, 9.17) is 4.74 Å². The molecule has 66 valence electrons. The van der Waals surface area contributed by atoms with Crippen LogP contribution < -0.4 is 0 Å². The Hall–Kier alpha value is -1.57. The predicted molar refractivity (Wildman–Crippen MR) is 53.9 cm³/mol. The summed E-state index contributed by atoms with van der Waals surface area (Å²) in [4.78, 5) is 4.26. The Kier molecular flexibility index (Phi) is 2.13. The molecule has 0 amide bonds. The molecular weight excluding hydrogens is 162 g/mol. The van der Waals surface area contributed by atoms with Crippen molar-refractivity contribution >= 4 is 12.0 Å². The van der Waals surface area contributed by atoms with Gasteiger partial charge in [0, 0.05) is 5.56 Å². The predicted octanol–water partition coefficient (Wildman–Crippen LogP) is 2.11. The van der Waals surface area contributed by atoms with Crippen LogP contribution in [0.15, 0.2) is 35.8 Å². The van der Waals surface area contributed by atoms with E-state index in [0.29, 0.717) is 6.61 Å².